The summed E-state index contributed by atoms with van der Waals surface area (Å²) in [5.74, 6) is 2.66. The summed E-state index contributed by atoms with van der Waals surface area (Å²) in [6.45, 7) is 2.41. The Kier molecular flexibility index (Phi) is 4.59. The molecule has 0 saturated heterocycles. The van der Waals surface area contributed by atoms with Gasteiger partial charge in [0.1, 0.15) is 23.9 Å². The van der Waals surface area contributed by atoms with E-state index in [1.165, 1.54) is 0 Å². The monoisotopic (exact) mass is 296 g/mol. The van der Waals surface area contributed by atoms with Gasteiger partial charge in [-0.25, -0.2) is 0 Å². The normalized spacial score (nSPS) is 14.0. The summed E-state index contributed by atoms with van der Waals surface area (Å²) in [5.41, 5.74) is 2.19. The van der Waals surface area contributed by atoms with Gasteiger partial charge in [-0.15, -0.1) is 0 Å². The molecule has 0 bridgehead atoms. The van der Waals surface area contributed by atoms with Gasteiger partial charge in [0, 0.05) is 18.7 Å². The van der Waals surface area contributed by atoms with Crippen LogP contribution in [0.4, 0.5) is 0 Å². The van der Waals surface area contributed by atoms with Crippen LogP contribution >= 0.6 is 0 Å². The number of benzene rings is 2. The molecule has 114 valence electrons. The molecule has 0 aliphatic carbocycles. The van der Waals surface area contributed by atoms with Crippen LogP contribution in [0.2, 0.25) is 0 Å². The third-order valence-electron chi connectivity index (χ3n) is 3.57. The van der Waals surface area contributed by atoms with Gasteiger partial charge in [0.2, 0.25) is 0 Å². The second kappa shape index (κ2) is 6.98. The summed E-state index contributed by atoms with van der Waals surface area (Å²) in [4.78, 5) is 4.51. The van der Waals surface area contributed by atoms with E-state index < -0.39 is 0 Å². The van der Waals surface area contributed by atoms with Gasteiger partial charge >= 0.3 is 0 Å². The standard InChI is InChI=1S/C18H20N2O2/c1-21-16-8-6-14(7-9-16)13-22-17-5-2-4-15(12-17)18-19-10-3-11-20-18/h2,4-9,12H,3,10-11,13H2,1H3,(H,19,20). The zero-order chi connectivity index (χ0) is 15.2. The molecule has 0 amide bonds. The van der Waals surface area contributed by atoms with Crippen molar-refractivity contribution in [2.45, 2.75) is 13.0 Å². The van der Waals surface area contributed by atoms with E-state index in [0.29, 0.717) is 6.61 Å². The van der Waals surface area contributed by atoms with Gasteiger partial charge in [-0.2, -0.15) is 0 Å². The average Bonchev–Trinajstić information content (AvgIpc) is 2.61. The molecule has 0 saturated carbocycles. The molecule has 0 unspecified atom stereocenters. The van der Waals surface area contributed by atoms with E-state index in [4.69, 9.17) is 9.47 Å². The lowest BCUT2D eigenvalue weighted by Crippen LogP contribution is -2.30. The largest absolute Gasteiger partial charge is 0.497 e. The van der Waals surface area contributed by atoms with Crippen molar-refractivity contribution in [1.82, 2.24) is 5.32 Å². The second-order valence-electron chi connectivity index (χ2n) is 5.18. The molecule has 1 heterocycles. The molecule has 4 heteroatoms. The van der Waals surface area contributed by atoms with E-state index in [1.54, 1.807) is 7.11 Å². The second-order valence-corrected chi connectivity index (χ2v) is 5.18. The van der Waals surface area contributed by atoms with Crippen molar-refractivity contribution < 1.29 is 9.47 Å². The van der Waals surface area contributed by atoms with Crippen molar-refractivity contribution in [2.75, 3.05) is 20.2 Å². The van der Waals surface area contributed by atoms with Gasteiger partial charge < -0.3 is 14.8 Å². The van der Waals surface area contributed by atoms with E-state index in [9.17, 15) is 0 Å². The Balaban J connectivity index is 1.66. The fraction of sp³-hybridized carbons (Fsp3) is 0.278. The Morgan fingerprint density at radius 3 is 2.68 bits per heavy atom. The van der Waals surface area contributed by atoms with Crippen LogP contribution in [0.1, 0.15) is 17.5 Å². The molecule has 0 radical (unpaired) electrons. The molecule has 0 spiro atoms. The topological polar surface area (TPSA) is 42.9 Å². The van der Waals surface area contributed by atoms with E-state index >= 15 is 0 Å². The highest BCUT2D eigenvalue weighted by atomic mass is 16.5. The van der Waals surface area contributed by atoms with Crippen LogP contribution in [0, 0.1) is 0 Å². The minimum Gasteiger partial charge on any atom is -0.497 e. The molecule has 0 aromatic heterocycles. The predicted molar refractivity (Wildman–Crippen MR) is 87.8 cm³/mol. The van der Waals surface area contributed by atoms with E-state index in [2.05, 4.69) is 16.4 Å². The first-order valence-electron chi connectivity index (χ1n) is 7.49. The number of nitrogens with zero attached hydrogens (tertiary/aromatic N) is 1. The molecular weight excluding hydrogens is 276 g/mol. The molecule has 3 rings (SSSR count). The quantitative estimate of drug-likeness (QED) is 0.922. The van der Waals surface area contributed by atoms with Crippen LogP contribution < -0.4 is 14.8 Å². The highest BCUT2D eigenvalue weighted by Crippen LogP contribution is 2.17. The average molecular weight is 296 g/mol. The Hall–Kier alpha value is -2.49. The first kappa shape index (κ1) is 14.4. The van der Waals surface area contributed by atoms with Crippen molar-refractivity contribution in [3.8, 4) is 11.5 Å². The lowest BCUT2D eigenvalue weighted by Gasteiger charge is -2.15. The lowest BCUT2D eigenvalue weighted by atomic mass is 10.1. The smallest absolute Gasteiger partial charge is 0.128 e. The highest BCUT2D eigenvalue weighted by Gasteiger charge is 2.07. The number of rotatable bonds is 5. The number of aliphatic imine (C=N–C) groups is 1. The van der Waals surface area contributed by atoms with Crippen LogP contribution in [-0.2, 0) is 6.61 Å². The zero-order valence-corrected chi connectivity index (χ0v) is 12.7. The highest BCUT2D eigenvalue weighted by molar-refractivity contribution is 5.99. The molecule has 0 atom stereocenters. The summed E-state index contributed by atoms with van der Waals surface area (Å²) in [5, 5.41) is 3.33. The maximum Gasteiger partial charge on any atom is 0.128 e. The Labute approximate surface area is 130 Å². The van der Waals surface area contributed by atoms with Crippen LogP contribution in [0.25, 0.3) is 0 Å². The summed E-state index contributed by atoms with van der Waals surface area (Å²) < 4.78 is 11.0. The number of hydrogen-bond acceptors (Lipinski definition) is 4. The van der Waals surface area contributed by atoms with E-state index in [-0.39, 0.29) is 0 Å². The number of methoxy groups -OCH3 is 1. The molecule has 0 fully saturated rings. The van der Waals surface area contributed by atoms with E-state index in [0.717, 1.165) is 48.0 Å². The summed E-state index contributed by atoms with van der Waals surface area (Å²) in [7, 11) is 1.67. The van der Waals surface area contributed by atoms with E-state index in [1.807, 2.05) is 42.5 Å². The first-order chi connectivity index (χ1) is 10.8. The zero-order valence-electron chi connectivity index (χ0n) is 12.7. The molecule has 2 aromatic rings. The Morgan fingerprint density at radius 1 is 1.09 bits per heavy atom. The maximum atomic E-state index is 5.87. The first-order valence-corrected chi connectivity index (χ1v) is 7.49. The van der Waals surface area contributed by atoms with Crippen LogP contribution in [0.3, 0.4) is 0 Å². The van der Waals surface area contributed by atoms with Crippen molar-refractivity contribution in [2.24, 2.45) is 4.99 Å². The van der Waals surface area contributed by atoms with Gasteiger partial charge in [0.25, 0.3) is 0 Å². The molecule has 22 heavy (non-hydrogen) atoms. The number of nitrogens with one attached hydrogen (secondary N) is 1. The fourth-order valence-electron chi connectivity index (χ4n) is 2.35. The molecule has 4 nitrogen and oxygen atoms in total. The molecule has 2 aromatic carbocycles. The SMILES string of the molecule is COc1ccc(COc2cccc(C3=NCCCN3)c2)cc1. The summed E-state index contributed by atoms with van der Waals surface area (Å²) in [6, 6.07) is 15.9. The Morgan fingerprint density at radius 2 is 1.95 bits per heavy atom. The predicted octanol–water partition coefficient (Wildman–Crippen LogP) is 3.01. The van der Waals surface area contributed by atoms with Crippen molar-refractivity contribution in [1.29, 1.82) is 0 Å². The summed E-state index contributed by atoms with van der Waals surface area (Å²) >= 11 is 0. The van der Waals surface area contributed by atoms with Gasteiger partial charge in [0.15, 0.2) is 0 Å². The molecule has 1 aliphatic rings. The molecule has 1 aliphatic heterocycles. The van der Waals surface area contributed by atoms with Gasteiger partial charge in [-0.05, 0) is 36.2 Å². The van der Waals surface area contributed by atoms with Crippen LogP contribution in [0.15, 0.2) is 53.5 Å². The third kappa shape index (κ3) is 3.58. The number of hydrogen-bond donors (Lipinski definition) is 1. The number of amidine groups is 1. The molecule has 1 N–H and O–H groups in total. The van der Waals surface area contributed by atoms with Crippen molar-refractivity contribution in [3.63, 3.8) is 0 Å². The minimum atomic E-state index is 0.535. The molecular formula is C18H20N2O2. The van der Waals surface area contributed by atoms with Crippen LogP contribution in [-0.4, -0.2) is 26.0 Å². The minimum absolute atomic E-state index is 0.535. The van der Waals surface area contributed by atoms with Crippen molar-refractivity contribution in [3.05, 3.63) is 59.7 Å². The van der Waals surface area contributed by atoms with Gasteiger partial charge in [-0.3, -0.25) is 4.99 Å². The lowest BCUT2D eigenvalue weighted by molar-refractivity contribution is 0.306. The van der Waals surface area contributed by atoms with Gasteiger partial charge in [-0.1, -0.05) is 24.3 Å². The maximum absolute atomic E-state index is 5.87. The summed E-state index contributed by atoms with van der Waals surface area (Å²) in [6.07, 6.45) is 1.09. The van der Waals surface area contributed by atoms with Crippen molar-refractivity contribution >= 4 is 5.84 Å². The fourth-order valence-corrected chi connectivity index (χ4v) is 2.35. The number of ether oxygens (including phenoxy) is 2. The van der Waals surface area contributed by atoms with Crippen LogP contribution in [0.5, 0.6) is 11.5 Å². The van der Waals surface area contributed by atoms with Gasteiger partial charge in [0.05, 0.1) is 7.11 Å². The third-order valence-corrected chi connectivity index (χ3v) is 3.57. The Bertz CT molecular complexity index is 650.